The number of rotatable bonds is 8. The quantitative estimate of drug-likeness (QED) is 0.215. The number of hydrogen-bond acceptors (Lipinski definition) is 5. The van der Waals surface area contributed by atoms with Gasteiger partial charge in [0.05, 0.1) is 17.8 Å². The normalized spacial score (nSPS) is 11.4. The molecule has 0 bridgehead atoms. The summed E-state index contributed by atoms with van der Waals surface area (Å²) in [6, 6.07) is 9.38. The van der Waals surface area contributed by atoms with Crippen molar-refractivity contribution in [1.29, 1.82) is 0 Å². The molecule has 0 unspecified atom stereocenters. The lowest BCUT2D eigenvalue weighted by molar-refractivity contribution is 0.0375. The van der Waals surface area contributed by atoms with E-state index in [1.54, 1.807) is 23.9 Å². The molecule has 0 N–H and O–H groups in total. The fraction of sp³-hybridized carbons (Fsp3) is 0.360. The van der Waals surface area contributed by atoms with E-state index >= 15 is 0 Å². The van der Waals surface area contributed by atoms with Crippen LogP contribution in [0.5, 0.6) is 5.75 Å². The van der Waals surface area contributed by atoms with Crippen molar-refractivity contribution in [1.82, 2.24) is 0 Å². The molecule has 0 aromatic heterocycles. The summed E-state index contributed by atoms with van der Waals surface area (Å²) in [4.78, 5) is 26.3. The predicted octanol–water partition coefficient (Wildman–Crippen LogP) is 6.27. The summed E-state index contributed by atoms with van der Waals surface area (Å²) in [5.41, 5.74) is 3.39. The number of esters is 1. The number of thioether (sulfide) groups is 1. The minimum atomic E-state index is -0.367. The van der Waals surface area contributed by atoms with E-state index in [1.807, 2.05) is 78.1 Å². The van der Waals surface area contributed by atoms with Crippen molar-refractivity contribution in [3.8, 4) is 5.75 Å². The summed E-state index contributed by atoms with van der Waals surface area (Å²) >= 11 is 1.63. The first-order valence-electron chi connectivity index (χ1n) is 10.0. The summed E-state index contributed by atoms with van der Waals surface area (Å²) in [7, 11) is 0. The molecule has 0 aliphatic rings. The Morgan fingerprint density at radius 2 is 1.63 bits per heavy atom. The topological polar surface area (TPSA) is 52.6 Å². The van der Waals surface area contributed by atoms with Crippen LogP contribution in [0, 0.1) is 13.8 Å². The van der Waals surface area contributed by atoms with Crippen LogP contribution in [0.2, 0.25) is 0 Å². The summed E-state index contributed by atoms with van der Waals surface area (Å²) in [5.74, 6) is 0.138. The third-order valence-corrected chi connectivity index (χ3v) is 5.18. The highest BCUT2D eigenvalue weighted by atomic mass is 32.2. The van der Waals surface area contributed by atoms with Gasteiger partial charge in [0.25, 0.3) is 0 Å². The van der Waals surface area contributed by atoms with Crippen LogP contribution < -0.4 is 4.74 Å². The van der Waals surface area contributed by atoms with E-state index in [1.165, 1.54) is 0 Å². The van der Waals surface area contributed by atoms with Crippen LogP contribution in [-0.2, 0) is 4.74 Å². The van der Waals surface area contributed by atoms with Crippen LogP contribution in [0.4, 0.5) is 0 Å². The van der Waals surface area contributed by atoms with E-state index in [-0.39, 0.29) is 24.0 Å². The zero-order valence-electron chi connectivity index (χ0n) is 18.7. The highest BCUT2D eigenvalue weighted by molar-refractivity contribution is 7.98. The molecule has 4 nitrogen and oxygen atoms in total. The molecule has 0 aliphatic heterocycles. The Kier molecular flexibility index (Phi) is 8.30. The van der Waals surface area contributed by atoms with E-state index in [0.717, 1.165) is 16.0 Å². The van der Waals surface area contributed by atoms with Crippen LogP contribution in [0.1, 0.15) is 65.1 Å². The van der Waals surface area contributed by atoms with E-state index in [4.69, 9.17) is 9.47 Å². The Morgan fingerprint density at radius 3 is 2.17 bits per heavy atom. The first-order valence-corrected chi connectivity index (χ1v) is 11.2. The Hall–Kier alpha value is -2.53. The average Bonchev–Trinajstić information content (AvgIpc) is 2.67. The summed E-state index contributed by atoms with van der Waals surface area (Å²) in [5, 5.41) is 0. The van der Waals surface area contributed by atoms with Crippen molar-refractivity contribution in [2.24, 2.45) is 0 Å². The first-order chi connectivity index (χ1) is 14.1. The minimum absolute atomic E-state index is 0.0812. The molecule has 0 fully saturated rings. The number of aryl methyl sites for hydroxylation is 1. The molecule has 2 aromatic carbocycles. The number of ketones is 1. The molecular formula is C25H30O4S. The van der Waals surface area contributed by atoms with Gasteiger partial charge in [0.1, 0.15) is 5.75 Å². The zero-order chi connectivity index (χ0) is 22.4. The minimum Gasteiger partial charge on any atom is -0.490 e. The second kappa shape index (κ2) is 10.5. The number of benzene rings is 2. The molecule has 0 heterocycles. The molecule has 0 aliphatic carbocycles. The van der Waals surface area contributed by atoms with E-state index in [2.05, 4.69) is 0 Å². The molecule has 0 saturated carbocycles. The van der Waals surface area contributed by atoms with Gasteiger partial charge >= 0.3 is 5.97 Å². The van der Waals surface area contributed by atoms with Crippen molar-refractivity contribution >= 4 is 29.6 Å². The van der Waals surface area contributed by atoms with Gasteiger partial charge < -0.3 is 9.47 Å². The van der Waals surface area contributed by atoms with Crippen molar-refractivity contribution in [2.45, 2.75) is 58.6 Å². The second-order valence-corrected chi connectivity index (χ2v) is 8.54. The average molecular weight is 427 g/mol. The first kappa shape index (κ1) is 23.7. The van der Waals surface area contributed by atoms with Crippen LogP contribution in [0.25, 0.3) is 6.08 Å². The van der Waals surface area contributed by atoms with Crippen molar-refractivity contribution in [3.05, 3.63) is 64.2 Å². The van der Waals surface area contributed by atoms with Crippen molar-refractivity contribution in [3.63, 3.8) is 0 Å². The molecule has 0 spiro atoms. The molecular weight excluding hydrogens is 396 g/mol. The van der Waals surface area contributed by atoms with Crippen molar-refractivity contribution in [2.75, 3.05) is 6.26 Å². The summed E-state index contributed by atoms with van der Waals surface area (Å²) in [6.45, 7) is 11.2. The molecule has 0 radical (unpaired) electrons. The van der Waals surface area contributed by atoms with Crippen LogP contribution in [0.15, 0.2) is 41.3 Å². The Bertz CT molecular complexity index is 941. The van der Waals surface area contributed by atoms with Gasteiger partial charge in [0.15, 0.2) is 5.78 Å². The van der Waals surface area contributed by atoms with Crippen LogP contribution >= 0.6 is 11.8 Å². The maximum Gasteiger partial charge on any atom is 0.339 e. The third-order valence-electron chi connectivity index (χ3n) is 4.43. The molecule has 0 saturated heterocycles. The number of allylic oxidation sites excluding steroid dienone is 1. The largest absolute Gasteiger partial charge is 0.490 e. The number of ether oxygens (including phenoxy) is 2. The molecule has 2 rings (SSSR count). The maximum atomic E-state index is 12.6. The number of carbonyl (C=O) groups excluding carboxylic acids is 2. The van der Waals surface area contributed by atoms with Gasteiger partial charge in [-0.25, -0.2) is 4.79 Å². The summed E-state index contributed by atoms with van der Waals surface area (Å²) < 4.78 is 11.4. The standard InChI is InChI=1S/C25H30O4S/c1-15(2)28-24-18(6)23(25(27)29-16(3)4)17(5)14-20(24)10-13-22(26)19-8-11-21(30-7)12-9-19/h8-16H,1-7H3/b13-10+. The second-order valence-electron chi connectivity index (χ2n) is 7.66. The van der Waals surface area contributed by atoms with Crippen LogP contribution in [-0.4, -0.2) is 30.2 Å². The molecule has 30 heavy (non-hydrogen) atoms. The lowest BCUT2D eigenvalue weighted by Gasteiger charge is -2.20. The Labute approximate surface area is 183 Å². The smallest absolute Gasteiger partial charge is 0.339 e. The van der Waals surface area contributed by atoms with Gasteiger partial charge in [0.2, 0.25) is 0 Å². The number of hydrogen-bond donors (Lipinski definition) is 0. The number of carbonyl (C=O) groups is 2. The Balaban J connectivity index is 2.43. The third kappa shape index (κ3) is 5.99. The van der Waals surface area contributed by atoms with Gasteiger partial charge in [0, 0.05) is 21.6 Å². The van der Waals surface area contributed by atoms with Crippen LogP contribution in [0.3, 0.4) is 0 Å². The predicted molar refractivity (Wildman–Crippen MR) is 124 cm³/mol. The highest BCUT2D eigenvalue weighted by Crippen LogP contribution is 2.32. The van der Waals surface area contributed by atoms with Gasteiger partial charge in [-0.1, -0.05) is 0 Å². The monoisotopic (exact) mass is 426 g/mol. The van der Waals surface area contributed by atoms with Gasteiger partial charge in [-0.15, -0.1) is 11.8 Å². The highest BCUT2D eigenvalue weighted by Gasteiger charge is 2.21. The van der Waals surface area contributed by atoms with E-state index in [9.17, 15) is 9.59 Å². The zero-order valence-corrected chi connectivity index (χ0v) is 19.6. The van der Waals surface area contributed by atoms with E-state index in [0.29, 0.717) is 22.4 Å². The fourth-order valence-electron chi connectivity index (χ4n) is 3.12. The molecule has 2 aromatic rings. The summed E-state index contributed by atoms with van der Waals surface area (Å²) in [6.07, 6.45) is 5.00. The maximum absolute atomic E-state index is 12.6. The molecule has 160 valence electrons. The lowest BCUT2D eigenvalue weighted by Crippen LogP contribution is -2.16. The van der Waals surface area contributed by atoms with Gasteiger partial charge in [-0.05, 0) is 95.8 Å². The Morgan fingerprint density at radius 1 is 1.00 bits per heavy atom. The SMILES string of the molecule is CSc1ccc(C(=O)/C=C/c2cc(C)c(C(=O)OC(C)C)c(C)c2OC(C)C)cc1. The fourth-order valence-corrected chi connectivity index (χ4v) is 3.52. The van der Waals surface area contributed by atoms with E-state index < -0.39 is 0 Å². The van der Waals surface area contributed by atoms with Crippen molar-refractivity contribution < 1.29 is 19.1 Å². The lowest BCUT2D eigenvalue weighted by atomic mass is 9.96. The van der Waals surface area contributed by atoms with Gasteiger partial charge in [-0.2, -0.15) is 0 Å². The molecule has 0 amide bonds. The van der Waals surface area contributed by atoms with Gasteiger partial charge in [-0.3, -0.25) is 4.79 Å². The molecule has 5 heteroatoms. The molecule has 0 atom stereocenters.